The monoisotopic (exact) mass is 361 g/mol. The Labute approximate surface area is 146 Å². The highest BCUT2D eigenvalue weighted by Crippen LogP contribution is 2.26. The lowest BCUT2D eigenvalue weighted by atomic mass is 10.2. The van der Waals surface area contributed by atoms with E-state index in [2.05, 4.69) is 9.38 Å². The Morgan fingerprint density at radius 1 is 1.24 bits per heavy atom. The molecule has 1 aliphatic heterocycles. The summed E-state index contributed by atoms with van der Waals surface area (Å²) in [7, 11) is 1.51. The Morgan fingerprint density at radius 2 is 1.96 bits per heavy atom. The van der Waals surface area contributed by atoms with Crippen LogP contribution in [0.5, 0.6) is 0 Å². The van der Waals surface area contributed by atoms with Gasteiger partial charge < -0.3 is 14.4 Å². The second kappa shape index (κ2) is 6.32. The van der Waals surface area contributed by atoms with Gasteiger partial charge in [0.15, 0.2) is 5.84 Å². The van der Waals surface area contributed by atoms with Crippen molar-refractivity contribution in [3.8, 4) is 0 Å². The van der Waals surface area contributed by atoms with Crippen LogP contribution in [0.15, 0.2) is 46.0 Å². The molecule has 2 aromatic rings. The third kappa shape index (κ3) is 3.27. The van der Waals surface area contributed by atoms with Gasteiger partial charge in [-0.3, -0.25) is 4.79 Å². The Balaban J connectivity index is 1.73. The van der Waals surface area contributed by atoms with Gasteiger partial charge in [-0.05, 0) is 12.1 Å². The fraction of sp³-hybridized carbons (Fsp3) is 0.312. The summed E-state index contributed by atoms with van der Waals surface area (Å²) in [6.45, 7) is 0.390. The average Bonchev–Trinajstić information content (AvgIpc) is 3.09. The highest BCUT2D eigenvalue weighted by atomic mass is 32.2. The van der Waals surface area contributed by atoms with Crippen LogP contribution < -0.4 is 0 Å². The molecule has 0 bridgehead atoms. The number of carbonyl (C=O) groups is 1. The number of hydrogen-bond donors (Lipinski definition) is 0. The maximum absolute atomic E-state index is 12.5. The minimum atomic E-state index is -3.69. The first-order chi connectivity index (χ1) is 11.8. The summed E-state index contributed by atoms with van der Waals surface area (Å²) < 4.78 is 29.9. The zero-order valence-electron chi connectivity index (χ0n) is 14.2. The molecule has 3 rings (SSSR count). The third-order valence-corrected chi connectivity index (χ3v) is 5.40. The highest BCUT2D eigenvalue weighted by molar-refractivity contribution is 7.90. The van der Waals surface area contributed by atoms with Crippen molar-refractivity contribution in [1.29, 1.82) is 0 Å². The van der Waals surface area contributed by atoms with E-state index in [4.69, 9.17) is 0 Å². The van der Waals surface area contributed by atoms with Crippen LogP contribution in [0.4, 0.5) is 0 Å². The number of imidazole rings is 1. The fourth-order valence-electron chi connectivity index (χ4n) is 2.61. The first kappa shape index (κ1) is 17.2. The third-order valence-electron chi connectivity index (χ3n) is 4.07. The van der Waals surface area contributed by atoms with Gasteiger partial charge in [0, 0.05) is 39.1 Å². The number of carbonyl (C=O) groups excluding carboxylic acids is 1. The molecule has 0 saturated carbocycles. The largest absolute Gasteiger partial charge is 0.349 e. The molecule has 1 aromatic carbocycles. The van der Waals surface area contributed by atoms with Crippen molar-refractivity contribution in [2.45, 2.75) is 11.4 Å². The quantitative estimate of drug-likeness (QED) is 0.789. The zero-order chi connectivity index (χ0) is 18.2. The van der Waals surface area contributed by atoms with Gasteiger partial charge in [-0.2, -0.15) is 8.42 Å². The number of benzene rings is 1. The van der Waals surface area contributed by atoms with E-state index in [9.17, 15) is 13.2 Å². The van der Waals surface area contributed by atoms with Gasteiger partial charge >= 0.3 is 0 Å². The smallest absolute Gasteiger partial charge is 0.285 e. The molecule has 1 amide bonds. The van der Waals surface area contributed by atoms with Crippen molar-refractivity contribution in [1.82, 2.24) is 19.4 Å². The number of sulfonamides is 1. The molecule has 0 spiro atoms. The molecule has 1 aromatic heterocycles. The molecular weight excluding hydrogens is 342 g/mol. The molecule has 0 aliphatic carbocycles. The summed E-state index contributed by atoms with van der Waals surface area (Å²) in [5.74, 6) is 0.897. The van der Waals surface area contributed by atoms with E-state index in [0.29, 0.717) is 12.1 Å². The van der Waals surface area contributed by atoms with Gasteiger partial charge in [-0.25, -0.2) is 4.98 Å². The Kier molecular flexibility index (Phi) is 4.34. The van der Waals surface area contributed by atoms with Crippen LogP contribution in [0, 0.1) is 0 Å². The molecule has 0 atom stereocenters. The van der Waals surface area contributed by atoms with Crippen molar-refractivity contribution < 1.29 is 13.2 Å². The van der Waals surface area contributed by atoms with Crippen LogP contribution in [0.1, 0.15) is 11.4 Å². The van der Waals surface area contributed by atoms with E-state index in [0.717, 1.165) is 5.82 Å². The predicted octanol–water partition coefficient (Wildman–Crippen LogP) is 0.459. The normalized spacial score (nSPS) is 14.8. The van der Waals surface area contributed by atoms with Gasteiger partial charge in [-0.1, -0.05) is 12.1 Å². The summed E-state index contributed by atoms with van der Waals surface area (Å²) in [6, 6.07) is 6.61. The molecule has 1 aliphatic rings. The van der Waals surface area contributed by atoms with Crippen molar-refractivity contribution in [2.75, 3.05) is 20.6 Å². The van der Waals surface area contributed by atoms with Crippen LogP contribution in [-0.2, 0) is 28.4 Å². The van der Waals surface area contributed by atoms with Crippen molar-refractivity contribution in [2.24, 2.45) is 11.4 Å². The molecule has 132 valence electrons. The van der Waals surface area contributed by atoms with Crippen LogP contribution >= 0.6 is 0 Å². The first-order valence-electron chi connectivity index (χ1n) is 7.65. The summed E-state index contributed by atoms with van der Waals surface area (Å²) in [5, 5.41) is 0. The maximum atomic E-state index is 12.5. The number of amides is 1. The van der Waals surface area contributed by atoms with Gasteiger partial charge in [0.25, 0.3) is 10.0 Å². The lowest BCUT2D eigenvalue weighted by molar-refractivity contribution is -0.130. The van der Waals surface area contributed by atoms with Crippen molar-refractivity contribution in [3.05, 3.63) is 48.0 Å². The van der Waals surface area contributed by atoms with Crippen molar-refractivity contribution in [3.63, 3.8) is 0 Å². The van der Waals surface area contributed by atoms with Gasteiger partial charge in [-0.15, -0.1) is 4.40 Å². The second-order valence-corrected chi connectivity index (χ2v) is 7.52. The highest BCUT2D eigenvalue weighted by Gasteiger charge is 2.31. The number of amidine groups is 1. The first-order valence-corrected chi connectivity index (χ1v) is 9.09. The van der Waals surface area contributed by atoms with Gasteiger partial charge in [0.1, 0.15) is 10.7 Å². The number of hydrogen-bond acceptors (Lipinski definition) is 5. The summed E-state index contributed by atoms with van der Waals surface area (Å²) >= 11 is 0. The van der Waals surface area contributed by atoms with E-state index in [1.165, 1.54) is 6.07 Å². The van der Waals surface area contributed by atoms with Crippen LogP contribution in [0.3, 0.4) is 0 Å². The SMILES string of the molecule is CN(Cc1nccn1C)C(=O)CN(C)C1=NS(=O)(=O)c2ccccc21. The second-order valence-electron chi connectivity index (χ2n) is 5.95. The maximum Gasteiger partial charge on any atom is 0.285 e. The van der Waals surface area contributed by atoms with Crippen LogP contribution in [0.2, 0.25) is 0 Å². The predicted molar refractivity (Wildman–Crippen MR) is 92.5 cm³/mol. The van der Waals surface area contributed by atoms with Gasteiger partial charge in [0.05, 0.1) is 13.1 Å². The molecule has 0 unspecified atom stereocenters. The van der Waals surface area contributed by atoms with Gasteiger partial charge in [0.2, 0.25) is 5.91 Å². The van der Waals surface area contributed by atoms with E-state index in [-0.39, 0.29) is 23.2 Å². The Morgan fingerprint density at radius 3 is 2.64 bits per heavy atom. The van der Waals surface area contributed by atoms with E-state index in [1.54, 1.807) is 48.3 Å². The molecule has 0 radical (unpaired) electrons. The Bertz CT molecular complexity index is 948. The van der Waals surface area contributed by atoms with Crippen LogP contribution in [0.25, 0.3) is 0 Å². The number of aromatic nitrogens is 2. The molecule has 25 heavy (non-hydrogen) atoms. The van der Waals surface area contributed by atoms with E-state index in [1.807, 2.05) is 17.8 Å². The zero-order valence-corrected chi connectivity index (χ0v) is 15.1. The number of rotatable bonds is 4. The molecule has 8 nitrogen and oxygen atoms in total. The van der Waals surface area contributed by atoms with Crippen LogP contribution in [-0.4, -0.2) is 60.2 Å². The number of likely N-dealkylation sites (N-methyl/N-ethyl adjacent to an activating group) is 2. The molecule has 0 saturated heterocycles. The minimum absolute atomic E-state index is 0.0175. The van der Waals surface area contributed by atoms with E-state index < -0.39 is 10.0 Å². The van der Waals surface area contributed by atoms with E-state index >= 15 is 0 Å². The molecule has 9 heteroatoms. The molecular formula is C16H19N5O3S. The standard InChI is InChI=1S/C16H19N5O3S/c1-19-9-8-17-14(19)10-20(2)15(22)11-21(3)16-12-6-4-5-7-13(12)25(23,24)18-16/h4-9H,10-11H2,1-3H3. The van der Waals surface area contributed by atoms with Crippen molar-refractivity contribution >= 4 is 21.8 Å². The summed E-state index contributed by atoms with van der Waals surface area (Å²) in [4.78, 5) is 19.9. The number of nitrogens with zero attached hydrogens (tertiary/aromatic N) is 5. The molecule has 2 heterocycles. The fourth-order valence-corrected chi connectivity index (χ4v) is 3.86. The summed E-state index contributed by atoms with van der Waals surface area (Å²) in [6.07, 6.45) is 3.49. The Hall–Kier alpha value is -2.68. The lowest BCUT2D eigenvalue weighted by Gasteiger charge is -2.23. The lowest BCUT2D eigenvalue weighted by Crippen LogP contribution is -2.39. The number of aryl methyl sites for hydroxylation is 1. The minimum Gasteiger partial charge on any atom is -0.349 e. The number of fused-ring (bicyclic) bond motifs is 1. The molecule has 0 fully saturated rings. The molecule has 0 N–H and O–H groups in total. The summed E-state index contributed by atoms with van der Waals surface area (Å²) in [5.41, 5.74) is 0.518. The topological polar surface area (TPSA) is 87.9 Å². The average molecular weight is 361 g/mol.